The standard InChI is InChI=1S/C17H21N3O3S/c1-22-12-7-8-15(23-2)13(10-12)14(21)11-24-17-19-18-16-6-4-3-5-9-20(16)17/h7-8,10H,3-6,9,11H2,1-2H3. The van der Waals surface area contributed by atoms with Crippen LogP contribution in [0.3, 0.4) is 0 Å². The van der Waals surface area contributed by atoms with Crippen LogP contribution in [-0.4, -0.2) is 40.5 Å². The number of rotatable bonds is 6. The predicted octanol–water partition coefficient (Wildman–Crippen LogP) is 3.00. The molecule has 0 N–H and O–H groups in total. The second-order valence-electron chi connectivity index (χ2n) is 5.64. The number of thioether (sulfide) groups is 1. The number of benzene rings is 1. The van der Waals surface area contributed by atoms with Crippen LogP contribution >= 0.6 is 11.8 Å². The molecule has 7 heteroatoms. The minimum absolute atomic E-state index is 0.0123. The van der Waals surface area contributed by atoms with Crippen LogP contribution < -0.4 is 9.47 Å². The minimum atomic E-state index is -0.0123. The van der Waals surface area contributed by atoms with Crippen molar-refractivity contribution in [3.05, 3.63) is 29.6 Å². The third-order valence-corrected chi connectivity index (χ3v) is 5.08. The van der Waals surface area contributed by atoms with E-state index < -0.39 is 0 Å². The van der Waals surface area contributed by atoms with Gasteiger partial charge in [0.15, 0.2) is 10.9 Å². The number of carbonyl (C=O) groups is 1. The number of nitrogens with zero attached hydrogens (tertiary/aromatic N) is 3. The summed E-state index contributed by atoms with van der Waals surface area (Å²) in [4.78, 5) is 12.6. The second kappa shape index (κ2) is 7.70. The quantitative estimate of drug-likeness (QED) is 0.591. The van der Waals surface area contributed by atoms with Crippen molar-refractivity contribution >= 4 is 17.5 Å². The lowest BCUT2D eigenvalue weighted by Gasteiger charge is -2.10. The SMILES string of the molecule is COc1ccc(OC)c(C(=O)CSc2nnc3n2CCCCC3)c1. The van der Waals surface area contributed by atoms with Gasteiger partial charge in [-0.15, -0.1) is 10.2 Å². The topological polar surface area (TPSA) is 66.2 Å². The normalized spacial score (nSPS) is 13.9. The Hall–Kier alpha value is -2.02. The van der Waals surface area contributed by atoms with Crippen molar-refractivity contribution in [3.63, 3.8) is 0 Å². The molecule has 0 amide bonds. The first-order valence-corrected chi connectivity index (χ1v) is 9.01. The summed E-state index contributed by atoms with van der Waals surface area (Å²) in [5.41, 5.74) is 0.528. The first kappa shape index (κ1) is 16.8. The molecule has 0 atom stereocenters. The molecule has 24 heavy (non-hydrogen) atoms. The highest BCUT2D eigenvalue weighted by Crippen LogP contribution is 2.27. The van der Waals surface area contributed by atoms with Crippen molar-refractivity contribution in [2.24, 2.45) is 0 Å². The minimum Gasteiger partial charge on any atom is -0.497 e. The van der Waals surface area contributed by atoms with Crippen LogP contribution in [0, 0.1) is 0 Å². The zero-order chi connectivity index (χ0) is 16.9. The number of methoxy groups -OCH3 is 2. The first-order chi connectivity index (χ1) is 11.7. The number of ether oxygens (including phenoxy) is 2. The Labute approximate surface area is 145 Å². The molecule has 1 aliphatic heterocycles. The van der Waals surface area contributed by atoms with Crippen LogP contribution in [0.15, 0.2) is 23.4 Å². The van der Waals surface area contributed by atoms with Gasteiger partial charge in [0.05, 0.1) is 25.5 Å². The second-order valence-corrected chi connectivity index (χ2v) is 6.58. The van der Waals surface area contributed by atoms with Gasteiger partial charge in [0.25, 0.3) is 0 Å². The number of hydrogen-bond donors (Lipinski definition) is 0. The van der Waals surface area contributed by atoms with Crippen LogP contribution in [0.1, 0.15) is 35.4 Å². The van der Waals surface area contributed by atoms with E-state index in [0.29, 0.717) is 22.8 Å². The molecule has 0 radical (unpaired) electrons. The molecule has 2 heterocycles. The monoisotopic (exact) mass is 347 g/mol. The zero-order valence-corrected chi connectivity index (χ0v) is 14.8. The van der Waals surface area contributed by atoms with Gasteiger partial charge in [-0.2, -0.15) is 0 Å². The summed E-state index contributed by atoms with van der Waals surface area (Å²) in [6.07, 6.45) is 4.47. The fraction of sp³-hybridized carbons (Fsp3) is 0.471. The van der Waals surface area contributed by atoms with Gasteiger partial charge >= 0.3 is 0 Å². The van der Waals surface area contributed by atoms with Crippen molar-refractivity contribution in [3.8, 4) is 11.5 Å². The molecule has 1 aromatic carbocycles. The molecule has 0 fully saturated rings. The Bertz CT molecular complexity index is 730. The summed E-state index contributed by atoms with van der Waals surface area (Å²) in [7, 11) is 3.14. The summed E-state index contributed by atoms with van der Waals surface area (Å²) >= 11 is 1.43. The Morgan fingerprint density at radius 2 is 2.08 bits per heavy atom. The first-order valence-electron chi connectivity index (χ1n) is 8.03. The van der Waals surface area contributed by atoms with Crippen molar-refractivity contribution in [1.29, 1.82) is 0 Å². The zero-order valence-electron chi connectivity index (χ0n) is 13.9. The average Bonchev–Trinajstić information content (AvgIpc) is 2.85. The molecule has 128 valence electrons. The molecule has 2 aromatic rings. The third kappa shape index (κ3) is 3.56. The number of carbonyl (C=O) groups excluding carboxylic acids is 1. The van der Waals surface area contributed by atoms with Crippen molar-refractivity contribution in [2.45, 2.75) is 37.4 Å². The average molecular weight is 347 g/mol. The van der Waals surface area contributed by atoms with E-state index in [-0.39, 0.29) is 5.78 Å². The molecule has 0 saturated carbocycles. The van der Waals surface area contributed by atoms with Gasteiger partial charge in [-0.25, -0.2) is 0 Å². The summed E-state index contributed by atoms with van der Waals surface area (Å²) in [5, 5.41) is 9.34. The number of hydrogen-bond acceptors (Lipinski definition) is 6. The lowest BCUT2D eigenvalue weighted by atomic mass is 10.1. The van der Waals surface area contributed by atoms with Gasteiger partial charge in [0.1, 0.15) is 17.3 Å². The maximum Gasteiger partial charge on any atom is 0.191 e. The highest BCUT2D eigenvalue weighted by Gasteiger charge is 2.18. The third-order valence-electron chi connectivity index (χ3n) is 4.11. The molecule has 0 spiro atoms. The molecular weight excluding hydrogens is 326 g/mol. The van der Waals surface area contributed by atoms with E-state index in [1.807, 2.05) is 0 Å². The molecule has 0 unspecified atom stereocenters. The molecular formula is C17H21N3O3S. The number of aryl methyl sites for hydroxylation is 1. The largest absolute Gasteiger partial charge is 0.497 e. The van der Waals surface area contributed by atoms with Gasteiger partial charge in [0.2, 0.25) is 0 Å². The van der Waals surface area contributed by atoms with E-state index in [9.17, 15) is 4.79 Å². The van der Waals surface area contributed by atoms with E-state index in [1.165, 1.54) is 18.2 Å². The highest BCUT2D eigenvalue weighted by atomic mass is 32.2. The Morgan fingerprint density at radius 3 is 2.88 bits per heavy atom. The lowest BCUT2D eigenvalue weighted by molar-refractivity contribution is 0.101. The number of fused-ring (bicyclic) bond motifs is 1. The summed E-state index contributed by atoms with van der Waals surface area (Å²) in [5.74, 6) is 2.51. The van der Waals surface area contributed by atoms with Crippen LogP contribution in [-0.2, 0) is 13.0 Å². The van der Waals surface area contributed by atoms with Crippen molar-refractivity contribution < 1.29 is 14.3 Å². The molecule has 0 saturated heterocycles. The maximum absolute atomic E-state index is 12.6. The van der Waals surface area contributed by atoms with Crippen molar-refractivity contribution in [1.82, 2.24) is 14.8 Å². The molecule has 0 bridgehead atoms. The van der Waals surface area contributed by atoms with E-state index in [4.69, 9.17) is 9.47 Å². The van der Waals surface area contributed by atoms with E-state index in [1.54, 1.807) is 32.4 Å². The number of ketones is 1. The fourth-order valence-electron chi connectivity index (χ4n) is 2.80. The number of aromatic nitrogens is 3. The molecule has 3 rings (SSSR count). The van der Waals surface area contributed by atoms with Gasteiger partial charge in [0, 0.05) is 13.0 Å². The van der Waals surface area contributed by atoms with Crippen LogP contribution in [0.25, 0.3) is 0 Å². The van der Waals surface area contributed by atoms with Gasteiger partial charge < -0.3 is 14.0 Å². The maximum atomic E-state index is 12.6. The smallest absolute Gasteiger partial charge is 0.191 e. The Kier molecular flexibility index (Phi) is 5.40. The highest BCUT2D eigenvalue weighted by molar-refractivity contribution is 7.99. The molecule has 0 aliphatic carbocycles. The predicted molar refractivity (Wildman–Crippen MR) is 92.2 cm³/mol. The molecule has 1 aliphatic rings. The van der Waals surface area contributed by atoms with E-state index in [2.05, 4.69) is 14.8 Å². The Balaban J connectivity index is 1.73. The molecule has 1 aromatic heterocycles. The number of Topliss-reactive ketones (excluding diaryl/α,β-unsaturated/α-hetero) is 1. The lowest BCUT2D eigenvalue weighted by Crippen LogP contribution is -2.08. The van der Waals surface area contributed by atoms with Gasteiger partial charge in [-0.1, -0.05) is 18.2 Å². The summed E-state index contributed by atoms with van der Waals surface area (Å²) in [6.45, 7) is 0.932. The molecule has 6 nitrogen and oxygen atoms in total. The van der Waals surface area contributed by atoms with Gasteiger partial charge in [-0.3, -0.25) is 4.79 Å². The Morgan fingerprint density at radius 1 is 1.21 bits per heavy atom. The van der Waals surface area contributed by atoms with E-state index in [0.717, 1.165) is 36.8 Å². The van der Waals surface area contributed by atoms with E-state index >= 15 is 0 Å². The summed E-state index contributed by atoms with van der Waals surface area (Å²) in [6, 6.07) is 5.24. The summed E-state index contributed by atoms with van der Waals surface area (Å²) < 4.78 is 12.6. The van der Waals surface area contributed by atoms with Crippen LogP contribution in [0.5, 0.6) is 11.5 Å². The van der Waals surface area contributed by atoms with Crippen molar-refractivity contribution in [2.75, 3.05) is 20.0 Å². The van der Waals surface area contributed by atoms with Crippen LogP contribution in [0.2, 0.25) is 0 Å². The fourth-order valence-corrected chi connectivity index (χ4v) is 3.67. The van der Waals surface area contributed by atoms with Gasteiger partial charge in [-0.05, 0) is 31.0 Å². The van der Waals surface area contributed by atoms with Crippen LogP contribution in [0.4, 0.5) is 0 Å².